The number of nitrogens with one attached hydrogen (secondary N) is 1. The Kier molecular flexibility index (Phi) is 3.82. The summed E-state index contributed by atoms with van der Waals surface area (Å²) in [6.45, 7) is 2.11. The van der Waals surface area contributed by atoms with Crippen molar-refractivity contribution < 1.29 is 4.39 Å². The molecule has 2 nitrogen and oxygen atoms in total. The number of para-hydroxylation sites is 1. The van der Waals surface area contributed by atoms with Crippen LogP contribution in [0.5, 0.6) is 0 Å². The van der Waals surface area contributed by atoms with E-state index in [0.717, 1.165) is 24.0 Å². The van der Waals surface area contributed by atoms with Gasteiger partial charge in [-0.2, -0.15) is 0 Å². The van der Waals surface area contributed by atoms with Gasteiger partial charge in [0.25, 0.3) is 0 Å². The van der Waals surface area contributed by atoms with Gasteiger partial charge in [0.05, 0.1) is 5.69 Å². The maximum atomic E-state index is 13.6. The van der Waals surface area contributed by atoms with Crippen molar-refractivity contribution in [3.8, 4) is 0 Å². The van der Waals surface area contributed by atoms with Gasteiger partial charge in [0.1, 0.15) is 5.82 Å². The fraction of sp³-hybridized carbons (Fsp3) is 0.500. The van der Waals surface area contributed by atoms with Gasteiger partial charge < -0.3 is 10.2 Å². The molecule has 0 bridgehead atoms. The van der Waals surface area contributed by atoms with Crippen LogP contribution < -0.4 is 5.32 Å². The highest BCUT2D eigenvalue weighted by Gasteiger charge is 2.18. The van der Waals surface area contributed by atoms with E-state index >= 15 is 0 Å². The molecule has 1 aliphatic heterocycles. The molecule has 2 rings (SSSR count). The van der Waals surface area contributed by atoms with Gasteiger partial charge in [0.15, 0.2) is 0 Å². The molecule has 0 aliphatic carbocycles. The summed E-state index contributed by atoms with van der Waals surface area (Å²) < 4.78 is 14.4. The number of benzene rings is 1. The molecule has 16 heavy (non-hydrogen) atoms. The van der Waals surface area contributed by atoms with Crippen LogP contribution in [0.1, 0.15) is 12.8 Å². The lowest BCUT2D eigenvalue weighted by atomic mass is 10.1. The SMILES string of the molecule is CN1CCCC(Nc2c(F)cccc2Br)C1. The molecule has 1 aromatic rings. The van der Waals surface area contributed by atoms with Crippen molar-refractivity contribution in [2.24, 2.45) is 0 Å². The number of likely N-dealkylation sites (N-methyl/N-ethyl adjacent to an activating group) is 1. The minimum Gasteiger partial charge on any atom is -0.378 e. The van der Waals surface area contributed by atoms with Crippen molar-refractivity contribution in [1.82, 2.24) is 4.90 Å². The minimum absolute atomic E-state index is 0.192. The highest BCUT2D eigenvalue weighted by atomic mass is 79.9. The summed E-state index contributed by atoms with van der Waals surface area (Å²) >= 11 is 3.37. The van der Waals surface area contributed by atoms with Crippen molar-refractivity contribution in [3.05, 3.63) is 28.5 Å². The normalized spacial score (nSPS) is 22.1. The molecular formula is C12H16BrFN2. The largest absolute Gasteiger partial charge is 0.378 e. The highest BCUT2D eigenvalue weighted by molar-refractivity contribution is 9.10. The molecular weight excluding hydrogens is 271 g/mol. The summed E-state index contributed by atoms with van der Waals surface area (Å²) in [6, 6.07) is 5.39. The number of nitrogens with zero attached hydrogens (tertiary/aromatic N) is 1. The van der Waals surface area contributed by atoms with Gasteiger partial charge in [-0.25, -0.2) is 4.39 Å². The van der Waals surface area contributed by atoms with Gasteiger partial charge >= 0.3 is 0 Å². The van der Waals surface area contributed by atoms with Crippen LogP contribution in [0, 0.1) is 5.82 Å². The molecule has 0 amide bonds. The first-order chi connectivity index (χ1) is 7.66. The Morgan fingerprint density at radius 1 is 1.50 bits per heavy atom. The third-order valence-corrected chi connectivity index (χ3v) is 3.60. The fourth-order valence-electron chi connectivity index (χ4n) is 2.12. The van der Waals surface area contributed by atoms with Crippen molar-refractivity contribution >= 4 is 21.6 Å². The molecule has 1 atom stereocenters. The lowest BCUT2D eigenvalue weighted by Gasteiger charge is -2.31. The molecule has 1 N–H and O–H groups in total. The zero-order valence-electron chi connectivity index (χ0n) is 9.34. The van der Waals surface area contributed by atoms with Crippen molar-refractivity contribution in [3.63, 3.8) is 0 Å². The number of rotatable bonds is 2. The van der Waals surface area contributed by atoms with E-state index in [0.29, 0.717) is 11.7 Å². The number of likely N-dealkylation sites (tertiary alicyclic amines) is 1. The summed E-state index contributed by atoms with van der Waals surface area (Å²) in [6.07, 6.45) is 2.27. The lowest BCUT2D eigenvalue weighted by Crippen LogP contribution is -2.39. The summed E-state index contributed by atoms with van der Waals surface area (Å²) in [7, 11) is 2.10. The van der Waals surface area contributed by atoms with Gasteiger partial charge in [0, 0.05) is 17.1 Å². The standard InChI is InChI=1S/C12H16BrFN2/c1-16-7-3-4-9(8-16)15-12-10(13)5-2-6-11(12)14/h2,5-6,9,15H,3-4,7-8H2,1H3. The van der Waals surface area contributed by atoms with E-state index in [1.165, 1.54) is 12.5 Å². The molecule has 1 unspecified atom stereocenters. The Morgan fingerprint density at radius 3 is 3.00 bits per heavy atom. The molecule has 1 heterocycles. The molecule has 4 heteroatoms. The molecule has 1 fully saturated rings. The third-order valence-electron chi connectivity index (χ3n) is 2.94. The number of anilines is 1. The van der Waals surface area contributed by atoms with Crippen LogP contribution in [0.3, 0.4) is 0 Å². The second kappa shape index (κ2) is 5.15. The summed E-state index contributed by atoms with van der Waals surface area (Å²) in [5.41, 5.74) is 0.586. The molecule has 0 radical (unpaired) electrons. The van der Waals surface area contributed by atoms with Crippen LogP contribution in [-0.4, -0.2) is 31.1 Å². The van der Waals surface area contributed by atoms with Gasteiger partial charge in [0.2, 0.25) is 0 Å². The predicted molar refractivity (Wildman–Crippen MR) is 68.2 cm³/mol. The van der Waals surface area contributed by atoms with E-state index in [4.69, 9.17) is 0 Å². The van der Waals surface area contributed by atoms with E-state index in [1.807, 2.05) is 6.07 Å². The van der Waals surface area contributed by atoms with E-state index in [-0.39, 0.29) is 5.82 Å². The monoisotopic (exact) mass is 286 g/mol. The fourth-order valence-corrected chi connectivity index (χ4v) is 2.58. The average molecular weight is 287 g/mol. The van der Waals surface area contributed by atoms with Crippen LogP contribution in [0.25, 0.3) is 0 Å². The van der Waals surface area contributed by atoms with Crippen molar-refractivity contribution in [1.29, 1.82) is 0 Å². The van der Waals surface area contributed by atoms with E-state index in [1.54, 1.807) is 6.07 Å². The molecule has 88 valence electrons. The van der Waals surface area contributed by atoms with Gasteiger partial charge in [-0.15, -0.1) is 0 Å². The van der Waals surface area contributed by atoms with Gasteiger partial charge in [-0.05, 0) is 54.5 Å². The van der Waals surface area contributed by atoms with Crippen LogP contribution in [-0.2, 0) is 0 Å². The maximum absolute atomic E-state index is 13.6. The first-order valence-corrected chi connectivity index (χ1v) is 6.35. The maximum Gasteiger partial charge on any atom is 0.147 e. The second-order valence-corrected chi connectivity index (χ2v) is 5.20. The van der Waals surface area contributed by atoms with E-state index in [9.17, 15) is 4.39 Å². The Bertz CT molecular complexity index is 350. The minimum atomic E-state index is -0.192. The summed E-state index contributed by atoms with van der Waals surface area (Å²) in [5.74, 6) is -0.192. The molecule has 0 saturated carbocycles. The second-order valence-electron chi connectivity index (χ2n) is 4.34. The van der Waals surface area contributed by atoms with Crippen LogP contribution >= 0.6 is 15.9 Å². The first kappa shape index (κ1) is 11.9. The molecule has 1 aliphatic rings. The molecule has 1 aromatic carbocycles. The summed E-state index contributed by atoms with van der Waals surface area (Å²) in [4.78, 5) is 2.27. The number of piperidine rings is 1. The average Bonchev–Trinajstić information content (AvgIpc) is 2.24. The summed E-state index contributed by atoms with van der Waals surface area (Å²) in [5, 5.41) is 3.28. The van der Waals surface area contributed by atoms with Crippen LogP contribution in [0.15, 0.2) is 22.7 Å². The quantitative estimate of drug-likeness (QED) is 0.899. The Morgan fingerprint density at radius 2 is 2.31 bits per heavy atom. The van der Waals surface area contributed by atoms with Gasteiger partial charge in [-0.3, -0.25) is 0 Å². The smallest absolute Gasteiger partial charge is 0.147 e. The Hall–Kier alpha value is -0.610. The van der Waals surface area contributed by atoms with E-state index in [2.05, 4.69) is 33.2 Å². The van der Waals surface area contributed by atoms with Crippen molar-refractivity contribution in [2.45, 2.75) is 18.9 Å². The predicted octanol–water partition coefficient (Wildman–Crippen LogP) is 3.09. The first-order valence-electron chi connectivity index (χ1n) is 5.56. The van der Waals surface area contributed by atoms with Crippen molar-refractivity contribution in [2.75, 3.05) is 25.5 Å². The number of halogens is 2. The van der Waals surface area contributed by atoms with Gasteiger partial charge in [-0.1, -0.05) is 6.07 Å². The highest BCUT2D eigenvalue weighted by Crippen LogP contribution is 2.27. The molecule has 0 spiro atoms. The molecule has 0 aromatic heterocycles. The number of hydrogen-bond acceptors (Lipinski definition) is 2. The Balaban J connectivity index is 2.08. The zero-order valence-corrected chi connectivity index (χ0v) is 10.9. The lowest BCUT2D eigenvalue weighted by molar-refractivity contribution is 0.260. The number of hydrogen-bond donors (Lipinski definition) is 1. The topological polar surface area (TPSA) is 15.3 Å². The molecule has 1 saturated heterocycles. The van der Waals surface area contributed by atoms with Crippen LogP contribution in [0.2, 0.25) is 0 Å². The zero-order chi connectivity index (χ0) is 11.5. The van der Waals surface area contributed by atoms with Crippen LogP contribution in [0.4, 0.5) is 10.1 Å². The van der Waals surface area contributed by atoms with E-state index < -0.39 is 0 Å². The Labute approximate surface area is 104 Å². The third kappa shape index (κ3) is 2.74.